The normalized spacial score (nSPS) is 14.8. The molecule has 3 heteroatoms. The summed E-state index contributed by atoms with van der Waals surface area (Å²) >= 11 is 5.30. The molecule has 0 aromatic heterocycles. The number of benzene rings is 1. The van der Waals surface area contributed by atoms with Crippen LogP contribution in [0, 0.1) is 6.92 Å². The largest absolute Gasteiger partial charge is 0.390 e. The molecule has 0 aliphatic rings. The third-order valence-corrected chi connectivity index (χ3v) is 4.69. The fourth-order valence-corrected chi connectivity index (χ4v) is 2.72. The van der Waals surface area contributed by atoms with E-state index in [0.717, 1.165) is 23.1 Å². The van der Waals surface area contributed by atoms with Crippen LogP contribution in [0.1, 0.15) is 32.3 Å². The van der Waals surface area contributed by atoms with Gasteiger partial charge in [0.05, 0.1) is 5.60 Å². The van der Waals surface area contributed by atoms with Crippen molar-refractivity contribution in [3.05, 3.63) is 28.2 Å². The second-order valence-electron chi connectivity index (χ2n) is 4.36. The molecule has 0 fully saturated rings. The first kappa shape index (κ1) is 14.1. The molecular formula is C13H19BrOS. The zero-order chi connectivity index (χ0) is 12.2. The Morgan fingerprint density at radius 3 is 2.69 bits per heavy atom. The Morgan fingerprint density at radius 2 is 2.12 bits per heavy atom. The molecule has 0 bridgehead atoms. The van der Waals surface area contributed by atoms with Crippen LogP contribution in [0.25, 0.3) is 0 Å². The molecule has 0 heterocycles. The number of halogens is 1. The van der Waals surface area contributed by atoms with Crippen molar-refractivity contribution in [2.24, 2.45) is 0 Å². The van der Waals surface area contributed by atoms with Gasteiger partial charge in [-0.05, 0) is 50.5 Å². The quantitative estimate of drug-likeness (QED) is 0.814. The summed E-state index contributed by atoms with van der Waals surface area (Å²) in [6, 6.07) is 6.37. The van der Waals surface area contributed by atoms with Gasteiger partial charge in [0.1, 0.15) is 0 Å². The predicted molar refractivity (Wildman–Crippen MR) is 75.1 cm³/mol. The van der Waals surface area contributed by atoms with Gasteiger partial charge in [-0.15, -0.1) is 11.8 Å². The zero-order valence-corrected chi connectivity index (χ0v) is 12.5. The fraction of sp³-hybridized carbons (Fsp3) is 0.538. The van der Waals surface area contributed by atoms with Crippen LogP contribution in [0.2, 0.25) is 0 Å². The standard InChI is InChI=1S/C13H19BrOS/c1-4-13(3,15)7-8-16-11-5-6-12(14)10(2)9-11/h5-6,9,15H,4,7-8H2,1-3H3. The third-order valence-electron chi connectivity index (χ3n) is 2.80. The van der Waals surface area contributed by atoms with Crippen molar-refractivity contribution in [2.75, 3.05) is 5.75 Å². The minimum atomic E-state index is -0.516. The van der Waals surface area contributed by atoms with E-state index >= 15 is 0 Å². The second kappa shape index (κ2) is 6.08. The highest BCUT2D eigenvalue weighted by Gasteiger charge is 2.16. The zero-order valence-electron chi connectivity index (χ0n) is 10.1. The van der Waals surface area contributed by atoms with E-state index in [-0.39, 0.29) is 0 Å². The topological polar surface area (TPSA) is 20.2 Å². The smallest absolute Gasteiger partial charge is 0.0625 e. The van der Waals surface area contributed by atoms with E-state index in [1.165, 1.54) is 10.5 Å². The van der Waals surface area contributed by atoms with Gasteiger partial charge in [-0.25, -0.2) is 0 Å². The summed E-state index contributed by atoms with van der Waals surface area (Å²) in [5.74, 6) is 0.960. The molecule has 1 unspecified atom stereocenters. The van der Waals surface area contributed by atoms with Crippen LogP contribution in [-0.2, 0) is 0 Å². The maximum Gasteiger partial charge on any atom is 0.0625 e. The van der Waals surface area contributed by atoms with Crippen molar-refractivity contribution in [1.82, 2.24) is 0 Å². The number of rotatable bonds is 5. The molecule has 1 nitrogen and oxygen atoms in total. The molecule has 90 valence electrons. The van der Waals surface area contributed by atoms with E-state index in [1.807, 2.05) is 13.8 Å². The third kappa shape index (κ3) is 4.48. The Hall–Kier alpha value is 0.01000. The van der Waals surface area contributed by atoms with E-state index in [1.54, 1.807) is 11.8 Å². The van der Waals surface area contributed by atoms with Gasteiger partial charge in [-0.2, -0.15) is 0 Å². The van der Waals surface area contributed by atoms with Gasteiger partial charge >= 0.3 is 0 Å². The molecule has 0 spiro atoms. The van der Waals surface area contributed by atoms with Crippen molar-refractivity contribution in [3.63, 3.8) is 0 Å². The summed E-state index contributed by atoms with van der Waals surface area (Å²) < 4.78 is 1.15. The van der Waals surface area contributed by atoms with Crippen LogP contribution in [0.15, 0.2) is 27.6 Å². The highest BCUT2D eigenvalue weighted by molar-refractivity contribution is 9.10. The molecule has 0 radical (unpaired) electrons. The Morgan fingerprint density at radius 1 is 1.44 bits per heavy atom. The molecule has 16 heavy (non-hydrogen) atoms. The molecule has 1 rings (SSSR count). The molecule has 0 aliphatic heterocycles. The van der Waals surface area contributed by atoms with E-state index < -0.39 is 5.60 Å². The molecular weight excluding hydrogens is 284 g/mol. The number of aliphatic hydroxyl groups is 1. The molecule has 0 amide bonds. The minimum Gasteiger partial charge on any atom is -0.390 e. The van der Waals surface area contributed by atoms with E-state index in [2.05, 4.69) is 41.1 Å². The summed E-state index contributed by atoms with van der Waals surface area (Å²) in [6.07, 6.45) is 1.65. The number of hydrogen-bond donors (Lipinski definition) is 1. The molecule has 1 atom stereocenters. The Bertz CT molecular complexity index is 350. The lowest BCUT2D eigenvalue weighted by Crippen LogP contribution is -2.23. The van der Waals surface area contributed by atoms with Gasteiger partial charge in [-0.3, -0.25) is 0 Å². The summed E-state index contributed by atoms with van der Waals surface area (Å²) in [5.41, 5.74) is 0.740. The molecule has 0 aliphatic carbocycles. The summed E-state index contributed by atoms with van der Waals surface area (Å²) in [5, 5.41) is 9.88. The number of thioether (sulfide) groups is 1. The molecule has 1 aromatic rings. The van der Waals surface area contributed by atoms with Crippen LogP contribution < -0.4 is 0 Å². The average Bonchev–Trinajstić information content (AvgIpc) is 2.23. The van der Waals surface area contributed by atoms with E-state index in [4.69, 9.17) is 0 Å². The second-order valence-corrected chi connectivity index (χ2v) is 6.38. The van der Waals surface area contributed by atoms with Gasteiger partial charge in [0.2, 0.25) is 0 Å². The maximum absolute atomic E-state index is 9.88. The number of hydrogen-bond acceptors (Lipinski definition) is 2. The summed E-state index contributed by atoms with van der Waals surface area (Å²) in [4.78, 5) is 1.27. The molecule has 0 saturated heterocycles. The Balaban J connectivity index is 2.46. The minimum absolute atomic E-state index is 0.516. The van der Waals surface area contributed by atoms with E-state index in [0.29, 0.717) is 0 Å². The monoisotopic (exact) mass is 302 g/mol. The van der Waals surface area contributed by atoms with Crippen molar-refractivity contribution < 1.29 is 5.11 Å². The predicted octanol–water partition coefficient (Wildman–Crippen LogP) is 4.40. The molecule has 1 N–H and O–H groups in total. The van der Waals surface area contributed by atoms with Gasteiger partial charge in [-0.1, -0.05) is 22.9 Å². The first-order valence-electron chi connectivity index (χ1n) is 5.56. The lowest BCUT2D eigenvalue weighted by atomic mass is 10.0. The van der Waals surface area contributed by atoms with Crippen LogP contribution >= 0.6 is 27.7 Å². The lowest BCUT2D eigenvalue weighted by molar-refractivity contribution is 0.0533. The first-order chi connectivity index (χ1) is 7.44. The van der Waals surface area contributed by atoms with Crippen molar-refractivity contribution in [1.29, 1.82) is 0 Å². The lowest BCUT2D eigenvalue weighted by Gasteiger charge is -2.20. The van der Waals surface area contributed by atoms with Crippen molar-refractivity contribution in [2.45, 2.75) is 44.1 Å². The van der Waals surface area contributed by atoms with Crippen molar-refractivity contribution >= 4 is 27.7 Å². The highest BCUT2D eigenvalue weighted by atomic mass is 79.9. The Kier molecular flexibility index (Phi) is 5.35. The number of aryl methyl sites for hydroxylation is 1. The van der Waals surface area contributed by atoms with Gasteiger partial charge in [0, 0.05) is 15.1 Å². The van der Waals surface area contributed by atoms with Gasteiger partial charge in [0.25, 0.3) is 0 Å². The average molecular weight is 303 g/mol. The summed E-state index contributed by atoms with van der Waals surface area (Å²) in [7, 11) is 0. The molecule has 1 aromatic carbocycles. The summed E-state index contributed by atoms with van der Waals surface area (Å²) in [6.45, 7) is 6.02. The van der Waals surface area contributed by atoms with Crippen LogP contribution in [0.4, 0.5) is 0 Å². The van der Waals surface area contributed by atoms with Gasteiger partial charge in [0.15, 0.2) is 0 Å². The van der Waals surface area contributed by atoms with Crippen molar-refractivity contribution in [3.8, 4) is 0 Å². The van der Waals surface area contributed by atoms with Crippen LogP contribution in [0.3, 0.4) is 0 Å². The van der Waals surface area contributed by atoms with Crippen LogP contribution in [0.5, 0.6) is 0 Å². The molecule has 0 saturated carbocycles. The fourth-order valence-electron chi connectivity index (χ4n) is 1.27. The van der Waals surface area contributed by atoms with Crippen LogP contribution in [-0.4, -0.2) is 16.5 Å². The van der Waals surface area contributed by atoms with Gasteiger partial charge < -0.3 is 5.11 Å². The Labute approximate surface area is 111 Å². The first-order valence-corrected chi connectivity index (χ1v) is 7.34. The highest BCUT2D eigenvalue weighted by Crippen LogP contribution is 2.26. The van der Waals surface area contributed by atoms with E-state index in [9.17, 15) is 5.11 Å². The maximum atomic E-state index is 9.88. The SMILES string of the molecule is CCC(C)(O)CCSc1ccc(Br)c(C)c1.